The molecular weight excluding hydrogens is 444 g/mol. The molecule has 1 amide bonds. The number of methoxy groups -OCH3 is 1. The molecule has 0 unspecified atom stereocenters. The second-order valence-corrected chi connectivity index (χ2v) is 6.33. The molecule has 0 atom stereocenters. The standard InChI is InChI=1S/C16H14BrF2N5O4/c1-23-14-12(13(17)22-23)15(26)24(7-20-14)6-11(25)21-8-3-4-9(27-2)10(5-8)28-16(18)19/h3-5,7,16H,6H2,1-2H3,(H,21,25). The van der Waals surface area contributed by atoms with Crippen LogP contribution in [0.3, 0.4) is 0 Å². The lowest BCUT2D eigenvalue weighted by molar-refractivity contribution is -0.116. The molecule has 9 nitrogen and oxygen atoms in total. The van der Waals surface area contributed by atoms with Crippen LogP contribution in [0.1, 0.15) is 0 Å². The zero-order valence-electron chi connectivity index (χ0n) is 14.6. The van der Waals surface area contributed by atoms with Crippen molar-refractivity contribution in [3.05, 3.63) is 39.5 Å². The van der Waals surface area contributed by atoms with E-state index in [-0.39, 0.29) is 29.1 Å². The van der Waals surface area contributed by atoms with Crippen LogP contribution in [0.25, 0.3) is 11.0 Å². The number of anilines is 1. The van der Waals surface area contributed by atoms with E-state index in [0.29, 0.717) is 10.3 Å². The van der Waals surface area contributed by atoms with Crippen LogP contribution in [0.5, 0.6) is 11.5 Å². The van der Waals surface area contributed by atoms with Crippen molar-refractivity contribution >= 4 is 38.6 Å². The van der Waals surface area contributed by atoms with Gasteiger partial charge in [-0.2, -0.15) is 13.9 Å². The average molecular weight is 458 g/mol. The van der Waals surface area contributed by atoms with Crippen molar-refractivity contribution in [2.24, 2.45) is 7.05 Å². The van der Waals surface area contributed by atoms with E-state index < -0.39 is 18.1 Å². The highest BCUT2D eigenvalue weighted by atomic mass is 79.9. The molecule has 3 rings (SSSR count). The molecule has 1 N–H and O–H groups in total. The summed E-state index contributed by atoms with van der Waals surface area (Å²) in [6.45, 7) is -3.38. The number of rotatable bonds is 6. The Morgan fingerprint density at radius 3 is 2.79 bits per heavy atom. The number of carbonyl (C=O) groups excluding carboxylic acids is 1. The minimum atomic E-state index is -3.05. The van der Waals surface area contributed by atoms with E-state index in [1.807, 2.05) is 0 Å². The first-order chi connectivity index (χ1) is 13.3. The van der Waals surface area contributed by atoms with Crippen molar-refractivity contribution in [1.82, 2.24) is 19.3 Å². The van der Waals surface area contributed by atoms with Gasteiger partial charge in [-0.1, -0.05) is 0 Å². The Kier molecular flexibility index (Phi) is 5.58. The fourth-order valence-electron chi connectivity index (χ4n) is 2.55. The van der Waals surface area contributed by atoms with Crippen molar-refractivity contribution in [3.8, 4) is 11.5 Å². The Morgan fingerprint density at radius 1 is 1.36 bits per heavy atom. The second kappa shape index (κ2) is 7.92. The third kappa shape index (κ3) is 3.96. The number of ether oxygens (including phenoxy) is 2. The van der Waals surface area contributed by atoms with E-state index in [1.54, 1.807) is 7.05 Å². The topological polar surface area (TPSA) is 100 Å². The molecule has 3 aromatic rings. The van der Waals surface area contributed by atoms with Gasteiger partial charge in [0, 0.05) is 18.8 Å². The van der Waals surface area contributed by atoms with Gasteiger partial charge < -0.3 is 14.8 Å². The van der Waals surface area contributed by atoms with Gasteiger partial charge in [-0.05, 0) is 28.1 Å². The predicted octanol–water partition coefficient (Wildman–Crippen LogP) is 2.14. The number of aryl methyl sites for hydroxylation is 1. The quantitative estimate of drug-likeness (QED) is 0.608. The lowest BCUT2D eigenvalue weighted by Crippen LogP contribution is -2.28. The molecule has 0 aliphatic carbocycles. The van der Waals surface area contributed by atoms with Crippen molar-refractivity contribution < 1.29 is 23.0 Å². The lowest BCUT2D eigenvalue weighted by atomic mass is 10.2. The molecule has 0 spiro atoms. The van der Waals surface area contributed by atoms with Crippen molar-refractivity contribution in [2.45, 2.75) is 13.2 Å². The number of nitrogens with zero attached hydrogens (tertiary/aromatic N) is 4. The highest BCUT2D eigenvalue weighted by molar-refractivity contribution is 9.10. The Bertz CT molecular complexity index is 1100. The predicted molar refractivity (Wildman–Crippen MR) is 98.7 cm³/mol. The Balaban J connectivity index is 1.81. The normalized spacial score (nSPS) is 11.1. The number of benzene rings is 1. The molecule has 0 radical (unpaired) electrons. The maximum absolute atomic E-state index is 12.5. The fourth-order valence-corrected chi connectivity index (χ4v) is 3.13. The first kappa shape index (κ1) is 19.7. The molecule has 0 aliphatic heterocycles. The van der Waals surface area contributed by atoms with Crippen LogP contribution in [0.2, 0.25) is 0 Å². The van der Waals surface area contributed by atoms with Gasteiger partial charge >= 0.3 is 6.61 Å². The monoisotopic (exact) mass is 457 g/mol. The largest absolute Gasteiger partial charge is 0.493 e. The summed E-state index contributed by atoms with van der Waals surface area (Å²) in [6.07, 6.45) is 1.23. The van der Waals surface area contributed by atoms with E-state index in [4.69, 9.17) is 4.74 Å². The summed E-state index contributed by atoms with van der Waals surface area (Å²) >= 11 is 3.19. The highest BCUT2D eigenvalue weighted by Gasteiger charge is 2.16. The molecule has 0 saturated heterocycles. The van der Waals surface area contributed by atoms with Crippen LogP contribution in [0.15, 0.2) is 33.9 Å². The zero-order chi connectivity index (χ0) is 20.4. The van der Waals surface area contributed by atoms with E-state index in [2.05, 4.69) is 36.1 Å². The molecule has 28 heavy (non-hydrogen) atoms. The van der Waals surface area contributed by atoms with E-state index in [0.717, 1.165) is 4.57 Å². The number of alkyl halides is 2. The van der Waals surface area contributed by atoms with Gasteiger partial charge in [0.2, 0.25) is 5.91 Å². The van der Waals surface area contributed by atoms with Gasteiger partial charge in [0.05, 0.1) is 7.11 Å². The van der Waals surface area contributed by atoms with Gasteiger partial charge in [-0.3, -0.25) is 14.2 Å². The molecule has 0 saturated carbocycles. The Morgan fingerprint density at radius 2 is 2.11 bits per heavy atom. The fraction of sp³-hybridized carbons (Fsp3) is 0.250. The van der Waals surface area contributed by atoms with Gasteiger partial charge in [0.25, 0.3) is 5.56 Å². The van der Waals surface area contributed by atoms with Crippen LogP contribution in [-0.2, 0) is 18.4 Å². The van der Waals surface area contributed by atoms with E-state index in [1.165, 1.54) is 36.3 Å². The average Bonchev–Trinajstić information content (AvgIpc) is 2.91. The van der Waals surface area contributed by atoms with E-state index in [9.17, 15) is 18.4 Å². The number of amides is 1. The third-order valence-electron chi connectivity index (χ3n) is 3.75. The summed E-state index contributed by atoms with van der Waals surface area (Å²) in [5, 5.41) is 6.81. The number of nitrogens with one attached hydrogen (secondary N) is 1. The van der Waals surface area contributed by atoms with Crippen LogP contribution in [0.4, 0.5) is 14.5 Å². The van der Waals surface area contributed by atoms with Crippen LogP contribution in [0, 0.1) is 0 Å². The van der Waals surface area contributed by atoms with Crippen molar-refractivity contribution in [3.63, 3.8) is 0 Å². The molecule has 0 aliphatic rings. The molecular formula is C16H14BrF2N5O4. The van der Waals surface area contributed by atoms with Gasteiger partial charge in [-0.15, -0.1) is 0 Å². The lowest BCUT2D eigenvalue weighted by Gasteiger charge is -2.12. The van der Waals surface area contributed by atoms with Gasteiger partial charge in [0.1, 0.15) is 22.9 Å². The summed E-state index contributed by atoms with van der Waals surface area (Å²) in [5.41, 5.74) is 0.125. The number of carbonyl (C=O) groups is 1. The molecule has 2 aromatic heterocycles. The Labute approximate surface area is 165 Å². The van der Waals surface area contributed by atoms with Gasteiger partial charge in [-0.25, -0.2) is 9.67 Å². The maximum Gasteiger partial charge on any atom is 0.387 e. The summed E-state index contributed by atoms with van der Waals surface area (Å²) < 4.78 is 37.2. The highest BCUT2D eigenvalue weighted by Crippen LogP contribution is 2.31. The SMILES string of the molecule is COc1ccc(NC(=O)Cn2cnc3c(c(Br)nn3C)c2=O)cc1OC(F)F. The maximum atomic E-state index is 12.5. The van der Waals surface area contributed by atoms with Crippen molar-refractivity contribution in [2.75, 3.05) is 12.4 Å². The van der Waals surface area contributed by atoms with Crippen molar-refractivity contribution in [1.29, 1.82) is 0 Å². The minimum Gasteiger partial charge on any atom is -0.493 e. The Hall–Kier alpha value is -3.02. The number of fused-ring (bicyclic) bond motifs is 1. The third-order valence-corrected chi connectivity index (χ3v) is 4.30. The molecule has 148 valence electrons. The number of aromatic nitrogens is 4. The molecule has 0 bridgehead atoms. The zero-order valence-corrected chi connectivity index (χ0v) is 16.2. The first-order valence-corrected chi connectivity index (χ1v) is 8.59. The minimum absolute atomic E-state index is 0.0885. The molecule has 2 heterocycles. The summed E-state index contributed by atoms with van der Waals surface area (Å²) in [6, 6.07) is 4.03. The van der Waals surface area contributed by atoms with Gasteiger partial charge in [0.15, 0.2) is 17.1 Å². The number of hydrogen-bond donors (Lipinski definition) is 1. The first-order valence-electron chi connectivity index (χ1n) is 7.80. The molecule has 1 aromatic carbocycles. The molecule has 12 heteroatoms. The number of hydrogen-bond acceptors (Lipinski definition) is 6. The number of halogens is 3. The summed E-state index contributed by atoms with van der Waals surface area (Å²) in [7, 11) is 2.94. The smallest absolute Gasteiger partial charge is 0.387 e. The van der Waals surface area contributed by atoms with Crippen LogP contribution < -0.4 is 20.3 Å². The summed E-state index contributed by atoms with van der Waals surface area (Å²) in [5.74, 6) is -0.697. The second-order valence-electron chi connectivity index (χ2n) is 5.58. The van der Waals surface area contributed by atoms with E-state index >= 15 is 0 Å². The molecule has 0 fully saturated rings. The summed E-state index contributed by atoms with van der Waals surface area (Å²) in [4.78, 5) is 29.0. The van der Waals surface area contributed by atoms with Crippen LogP contribution in [-0.4, -0.2) is 39.0 Å². The van der Waals surface area contributed by atoms with Crippen LogP contribution >= 0.6 is 15.9 Å².